The zero-order valence-corrected chi connectivity index (χ0v) is 13.2. The van der Waals surface area contributed by atoms with Crippen molar-refractivity contribution < 1.29 is 24.2 Å². The smallest absolute Gasteiger partial charge is 0.377 e. The minimum Gasteiger partial charge on any atom is -0.490 e. The van der Waals surface area contributed by atoms with E-state index >= 15 is 0 Å². The molecule has 25 heavy (non-hydrogen) atoms. The molecule has 6 nitrogen and oxygen atoms in total. The predicted octanol–water partition coefficient (Wildman–Crippen LogP) is 2.96. The number of rotatable bonds is 7. The number of benzene rings is 2. The van der Waals surface area contributed by atoms with Crippen molar-refractivity contribution >= 4 is 22.5 Å². The highest BCUT2D eigenvalue weighted by atomic mass is 16.5. The van der Waals surface area contributed by atoms with Crippen molar-refractivity contribution in [2.45, 2.75) is 0 Å². The van der Waals surface area contributed by atoms with Crippen molar-refractivity contribution in [3.63, 3.8) is 0 Å². The molecule has 6 heteroatoms. The summed E-state index contributed by atoms with van der Waals surface area (Å²) in [5.74, 6) is -1.93. The summed E-state index contributed by atoms with van der Waals surface area (Å²) in [5.41, 5.74) is -0.0827. The number of ketones is 1. The molecule has 0 spiro atoms. The molecule has 0 bridgehead atoms. The monoisotopic (exact) mass is 337 g/mol. The average Bonchev–Trinajstić information content (AvgIpc) is 2.64. The number of hydrogen-bond acceptors (Lipinski definition) is 5. The van der Waals surface area contributed by atoms with Crippen molar-refractivity contribution in [1.29, 1.82) is 0 Å². The van der Waals surface area contributed by atoms with Gasteiger partial charge in [-0.1, -0.05) is 30.3 Å². The van der Waals surface area contributed by atoms with E-state index in [-0.39, 0.29) is 24.7 Å². The van der Waals surface area contributed by atoms with Gasteiger partial charge in [-0.25, -0.2) is 9.78 Å². The summed E-state index contributed by atoms with van der Waals surface area (Å²) >= 11 is 0. The highest BCUT2D eigenvalue weighted by Gasteiger charge is 2.20. The van der Waals surface area contributed by atoms with Crippen LogP contribution in [0.2, 0.25) is 0 Å². The van der Waals surface area contributed by atoms with Gasteiger partial charge in [0.05, 0.1) is 5.56 Å². The first kappa shape index (κ1) is 16.4. The van der Waals surface area contributed by atoms with E-state index in [1.807, 2.05) is 42.5 Å². The number of carbonyl (C=O) groups is 2. The minimum absolute atomic E-state index is 0.0167. The van der Waals surface area contributed by atoms with Gasteiger partial charge in [0.15, 0.2) is 0 Å². The van der Waals surface area contributed by atoms with Crippen LogP contribution in [-0.2, 0) is 4.79 Å². The molecular weight excluding hydrogens is 322 g/mol. The fourth-order valence-electron chi connectivity index (χ4n) is 2.35. The molecule has 0 saturated heterocycles. The maximum absolute atomic E-state index is 11.6. The third-order valence-corrected chi connectivity index (χ3v) is 3.52. The van der Waals surface area contributed by atoms with Crippen LogP contribution in [0.25, 0.3) is 10.8 Å². The van der Waals surface area contributed by atoms with E-state index < -0.39 is 11.8 Å². The van der Waals surface area contributed by atoms with Crippen molar-refractivity contribution in [2.75, 3.05) is 13.2 Å². The van der Waals surface area contributed by atoms with Gasteiger partial charge in [-0.05, 0) is 35.0 Å². The Kier molecular flexibility index (Phi) is 4.89. The quantitative estimate of drug-likeness (QED) is 0.405. The number of carbonyl (C=O) groups excluding carboxylic acids is 1. The van der Waals surface area contributed by atoms with E-state index in [0.717, 1.165) is 10.8 Å². The van der Waals surface area contributed by atoms with Crippen LogP contribution in [0.1, 0.15) is 10.4 Å². The second-order valence-corrected chi connectivity index (χ2v) is 5.20. The van der Waals surface area contributed by atoms with Gasteiger partial charge in [-0.15, -0.1) is 0 Å². The number of aliphatic carboxylic acids is 1. The molecule has 0 amide bonds. The molecule has 1 heterocycles. The van der Waals surface area contributed by atoms with Gasteiger partial charge >= 0.3 is 5.97 Å². The Labute approximate surface area is 143 Å². The highest BCUT2D eigenvalue weighted by Crippen LogP contribution is 2.20. The van der Waals surface area contributed by atoms with E-state index in [4.69, 9.17) is 14.6 Å². The van der Waals surface area contributed by atoms with E-state index in [9.17, 15) is 9.59 Å². The first-order valence-corrected chi connectivity index (χ1v) is 7.62. The van der Waals surface area contributed by atoms with Crippen LogP contribution < -0.4 is 9.47 Å². The number of pyridine rings is 1. The molecule has 1 N–H and O–H groups in total. The van der Waals surface area contributed by atoms with Gasteiger partial charge in [0.2, 0.25) is 5.88 Å². The number of ether oxygens (including phenoxy) is 2. The molecule has 126 valence electrons. The number of carboxylic acid groups (broad SMARTS) is 1. The molecule has 3 rings (SSSR count). The van der Waals surface area contributed by atoms with Crippen molar-refractivity contribution in [1.82, 2.24) is 4.98 Å². The van der Waals surface area contributed by atoms with Gasteiger partial charge in [0, 0.05) is 6.20 Å². The molecule has 0 aliphatic carbocycles. The summed E-state index contributed by atoms with van der Waals surface area (Å²) in [6, 6.07) is 16.5. The maximum Gasteiger partial charge on any atom is 0.377 e. The molecule has 0 radical (unpaired) electrons. The summed E-state index contributed by atoms with van der Waals surface area (Å²) in [7, 11) is 0. The number of Topliss-reactive ketones (excluding diaryl/α,β-unsaturated/α-hetero) is 1. The molecule has 0 unspecified atom stereocenters. The average molecular weight is 337 g/mol. The summed E-state index contributed by atoms with van der Waals surface area (Å²) < 4.78 is 11.0. The summed E-state index contributed by atoms with van der Waals surface area (Å²) in [6.45, 7) is 0.360. The topological polar surface area (TPSA) is 85.7 Å². The lowest BCUT2D eigenvalue weighted by Gasteiger charge is -2.10. The Bertz CT molecular complexity index is 922. The third-order valence-electron chi connectivity index (χ3n) is 3.52. The van der Waals surface area contributed by atoms with Crippen LogP contribution in [0.5, 0.6) is 11.6 Å². The predicted molar refractivity (Wildman–Crippen MR) is 91.1 cm³/mol. The fraction of sp³-hybridized carbons (Fsp3) is 0.105. The Morgan fingerprint density at radius 2 is 1.68 bits per heavy atom. The van der Waals surface area contributed by atoms with Crippen LogP contribution in [0.4, 0.5) is 0 Å². The second-order valence-electron chi connectivity index (χ2n) is 5.20. The molecule has 0 aliphatic heterocycles. The number of fused-ring (bicyclic) bond motifs is 1. The van der Waals surface area contributed by atoms with Crippen LogP contribution >= 0.6 is 0 Å². The number of carboxylic acids is 1. The van der Waals surface area contributed by atoms with Crippen molar-refractivity contribution in [3.8, 4) is 11.6 Å². The Morgan fingerprint density at radius 1 is 0.920 bits per heavy atom. The van der Waals surface area contributed by atoms with E-state index in [1.54, 1.807) is 0 Å². The molecule has 3 aromatic rings. The third kappa shape index (κ3) is 3.92. The Morgan fingerprint density at radius 3 is 2.48 bits per heavy atom. The largest absolute Gasteiger partial charge is 0.490 e. The zero-order chi connectivity index (χ0) is 17.6. The highest BCUT2D eigenvalue weighted by molar-refractivity contribution is 6.40. The molecule has 1 aromatic heterocycles. The van der Waals surface area contributed by atoms with Gasteiger partial charge in [0.1, 0.15) is 19.0 Å². The summed E-state index contributed by atoms with van der Waals surface area (Å²) in [5, 5.41) is 11.0. The van der Waals surface area contributed by atoms with E-state index in [0.29, 0.717) is 5.75 Å². The lowest BCUT2D eigenvalue weighted by molar-refractivity contribution is -0.131. The first-order chi connectivity index (χ1) is 12.1. The molecular formula is C19H15NO5. The van der Waals surface area contributed by atoms with Crippen LogP contribution in [0.3, 0.4) is 0 Å². The molecule has 0 saturated carbocycles. The standard InChI is InChI=1S/C19H15NO5/c21-17(19(22)23)16-6-3-9-20-18(16)25-11-10-24-15-8-7-13-4-1-2-5-14(13)12-15/h1-9,12H,10-11H2,(H,22,23). The van der Waals surface area contributed by atoms with Crippen LogP contribution in [0, 0.1) is 0 Å². The minimum atomic E-state index is -1.55. The SMILES string of the molecule is O=C(O)C(=O)c1cccnc1OCCOc1ccc2ccccc2c1. The Hall–Kier alpha value is -3.41. The molecule has 2 aromatic carbocycles. The maximum atomic E-state index is 11.6. The number of nitrogens with zero attached hydrogens (tertiary/aromatic N) is 1. The van der Waals surface area contributed by atoms with Gasteiger partial charge in [-0.2, -0.15) is 0 Å². The van der Waals surface area contributed by atoms with Gasteiger partial charge in [0.25, 0.3) is 5.78 Å². The molecule has 0 fully saturated rings. The fourth-order valence-corrected chi connectivity index (χ4v) is 2.35. The zero-order valence-electron chi connectivity index (χ0n) is 13.2. The van der Waals surface area contributed by atoms with Crippen molar-refractivity contribution in [2.24, 2.45) is 0 Å². The van der Waals surface area contributed by atoms with E-state index in [1.165, 1.54) is 18.3 Å². The van der Waals surface area contributed by atoms with E-state index in [2.05, 4.69) is 4.98 Å². The van der Waals surface area contributed by atoms with Gasteiger partial charge < -0.3 is 14.6 Å². The lowest BCUT2D eigenvalue weighted by Crippen LogP contribution is -2.16. The summed E-state index contributed by atoms with van der Waals surface area (Å²) in [6.07, 6.45) is 1.43. The lowest BCUT2D eigenvalue weighted by atomic mass is 10.1. The molecule has 0 aliphatic rings. The van der Waals surface area contributed by atoms with Crippen LogP contribution in [0.15, 0.2) is 60.8 Å². The first-order valence-electron chi connectivity index (χ1n) is 7.62. The second kappa shape index (κ2) is 7.44. The normalized spacial score (nSPS) is 10.4. The van der Waals surface area contributed by atoms with Crippen molar-refractivity contribution in [3.05, 3.63) is 66.4 Å². The Balaban J connectivity index is 1.60. The number of hydrogen-bond donors (Lipinski definition) is 1. The molecule has 0 atom stereocenters. The van der Waals surface area contributed by atoms with Gasteiger partial charge in [-0.3, -0.25) is 4.79 Å². The number of aromatic nitrogens is 1. The summed E-state index contributed by atoms with van der Waals surface area (Å²) in [4.78, 5) is 26.3. The van der Waals surface area contributed by atoms with Crippen LogP contribution in [-0.4, -0.2) is 35.1 Å².